The number of hydrogen-bond acceptors (Lipinski definition) is 8. The van der Waals surface area contributed by atoms with E-state index in [1.165, 1.54) is 12.0 Å². The molecule has 3 heterocycles. The maximum atomic E-state index is 14.5. The fraction of sp³-hybridized carbons (Fsp3) is 0.611. The highest BCUT2D eigenvalue weighted by molar-refractivity contribution is 9.09. The average Bonchev–Trinajstić information content (AvgIpc) is 3.68. The number of aliphatic hydroxyl groups excluding tert-OH is 1. The molecule has 2 N–H and O–H groups in total. The summed E-state index contributed by atoms with van der Waals surface area (Å²) in [6, 6.07) is 6.64. The van der Waals surface area contributed by atoms with Crippen molar-refractivity contribution in [2.75, 3.05) is 33.4 Å². The van der Waals surface area contributed by atoms with Gasteiger partial charge in [0.25, 0.3) is 0 Å². The third-order valence-electron chi connectivity index (χ3n) is 9.76. The van der Waals surface area contributed by atoms with Gasteiger partial charge in [0, 0.05) is 31.4 Å². The zero-order valence-corrected chi connectivity index (χ0v) is 29.8. The zero-order valence-electron chi connectivity index (χ0n) is 28.2. The highest BCUT2D eigenvalue weighted by Crippen LogP contribution is 2.61. The van der Waals surface area contributed by atoms with Crippen LogP contribution in [0.2, 0.25) is 0 Å². The third-order valence-corrected chi connectivity index (χ3v) is 10.6. The summed E-state index contributed by atoms with van der Waals surface area (Å²) in [7, 11) is 1.50. The summed E-state index contributed by atoms with van der Waals surface area (Å²) in [5.41, 5.74) is -0.668. The molecule has 4 rings (SSSR count). The van der Waals surface area contributed by atoms with Gasteiger partial charge in [0.15, 0.2) is 0 Å². The van der Waals surface area contributed by atoms with Crippen molar-refractivity contribution in [3.05, 3.63) is 61.2 Å². The predicted octanol–water partition coefficient (Wildman–Crippen LogP) is 3.70. The van der Waals surface area contributed by atoms with Crippen LogP contribution in [0.4, 0.5) is 0 Å². The standard InChI is InChI=1S/C36H50BrN3O8/c1-6-10-17-27(42)38-26(22-46-5)30(23-15-13-12-14-16-23)47-35(45)28-29-33(43)40(24(9-4)21-41)32(36(29)20-25(37)31(28)48-36)34(44)39(18-8-3)19-11-7-2/h6,8,12-16,24-26,28-32,41H,1,3,7,9-11,17-22H2,2,4-5H3,(H,38,42)/t24-,25?,26-,28+,29-,30-,31+,32+,36-/m0/s1. The molecule has 9 atom stereocenters. The number of allylic oxidation sites excluding steroid dienone is 1. The Balaban J connectivity index is 1.74. The Kier molecular flexibility index (Phi) is 13.4. The first-order valence-corrected chi connectivity index (χ1v) is 17.8. The molecule has 1 spiro atoms. The predicted molar refractivity (Wildman–Crippen MR) is 184 cm³/mol. The summed E-state index contributed by atoms with van der Waals surface area (Å²) >= 11 is 3.72. The maximum Gasteiger partial charge on any atom is 0.313 e. The van der Waals surface area contributed by atoms with Crippen LogP contribution in [0.3, 0.4) is 0 Å². The van der Waals surface area contributed by atoms with Gasteiger partial charge in [-0.15, -0.1) is 13.2 Å². The molecule has 3 aliphatic rings. The van der Waals surface area contributed by atoms with Crippen molar-refractivity contribution in [2.45, 2.75) is 93.1 Å². The lowest BCUT2D eigenvalue weighted by Gasteiger charge is -2.39. The topological polar surface area (TPSA) is 135 Å². The number of amides is 3. The number of methoxy groups -OCH3 is 1. The summed E-state index contributed by atoms with van der Waals surface area (Å²) in [4.78, 5) is 59.1. The smallest absolute Gasteiger partial charge is 0.313 e. The minimum atomic E-state index is -1.31. The number of unbranched alkanes of at least 4 members (excludes halogenated alkanes) is 1. The quantitative estimate of drug-likeness (QED) is 0.125. The number of esters is 1. The number of nitrogens with zero attached hydrogens (tertiary/aromatic N) is 2. The Bertz CT molecular complexity index is 1310. The average molecular weight is 733 g/mol. The van der Waals surface area contributed by atoms with E-state index in [1.54, 1.807) is 29.2 Å². The zero-order chi connectivity index (χ0) is 35.0. The van der Waals surface area contributed by atoms with Crippen molar-refractivity contribution >= 4 is 39.6 Å². The number of carbonyl (C=O) groups is 4. The van der Waals surface area contributed by atoms with E-state index in [0.717, 1.165) is 12.8 Å². The third kappa shape index (κ3) is 7.41. The molecular weight excluding hydrogens is 682 g/mol. The van der Waals surface area contributed by atoms with Gasteiger partial charge in [-0.05, 0) is 31.2 Å². The van der Waals surface area contributed by atoms with Crippen molar-refractivity contribution < 1.29 is 38.5 Å². The first-order valence-electron chi connectivity index (χ1n) is 16.9. The lowest BCUT2D eigenvalue weighted by molar-refractivity contribution is -0.163. The van der Waals surface area contributed by atoms with E-state index < -0.39 is 59.6 Å². The first kappa shape index (κ1) is 37.8. The van der Waals surface area contributed by atoms with Crippen LogP contribution in [0.25, 0.3) is 0 Å². The number of aliphatic hydroxyl groups is 1. The Morgan fingerprint density at radius 2 is 1.96 bits per heavy atom. The number of carbonyl (C=O) groups excluding carboxylic acids is 4. The van der Waals surface area contributed by atoms with E-state index in [2.05, 4.69) is 34.4 Å². The Morgan fingerprint density at radius 3 is 2.56 bits per heavy atom. The molecule has 2 bridgehead atoms. The van der Waals surface area contributed by atoms with E-state index in [1.807, 2.05) is 32.0 Å². The van der Waals surface area contributed by atoms with Crippen LogP contribution in [-0.2, 0) is 33.4 Å². The van der Waals surface area contributed by atoms with Gasteiger partial charge >= 0.3 is 5.97 Å². The molecule has 0 radical (unpaired) electrons. The molecule has 1 aromatic carbocycles. The van der Waals surface area contributed by atoms with Crippen LogP contribution in [0.1, 0.15) is 64.0 Å². The number of ether oxygens (including phenoxy) is 3. The molecule has 3 saturated heterocycles. The number of likely N-dealkylation sites (tertiary alicyclic amines) is 1. The number of nitrogens with one attached hydrogen (secondary N) is 1. The minimum absolute atomic E-state index is 0.0561. The van der Waals surface area contributed by atoms with Crippen molar-refractivity contribution in [3.8, 4) is 0 Å². The van der Waals surface area contributed by atoms with Crippen molar-refractivity contribution in [2.24, 2.45) is 11.8 Å². The molecule has 1 aromatic rings. The minimum Gasteiger partial charge on any atom is -0.455 e. The summed E-state index contributed by atoms with van der Waals surface area (Å²) in [6.45, 7) is 11.9. The molecule has 3 aliphatic heterocycles. The molecule has 12 heteroatoms. The lowest BCUT2D eigenvalue weighted by Crippen LogP contribution is -2.59. The van der Waals surface area contributed by atoms with E-state index in [9.17, 15) is 24.3 Å². The van der Waals surface area contributed by atoms with E-state index >= 15 is 0 Å². The van der Waals surface area contributed by atoms with E-state index in [4.69, 9.17) is 14.2 Å². The molecule has 1 unspecified atom stereocenters. The van der Waals surface area contributed by atoms with E-state index in [-0.39, 0.29) is 36.3 Å². The Labute approximate surface area is 292 Å². The van der Waals surface area contributed by atoms with Gasteiger partial charge in [-0.3, -0.25) is 19.2 Å². The molecule has 0 aromatic heterocycles. The molecule has 264 valence electrons. The lowest BCUT2D eigenvalue weighted by atomic mass is 9.70. The highest BCUT2D eigenvalue weighted by atomic mass is 79.9. The van der Waals surface area contributed by atoms with Crippen molar-refractivity contribution in [3.63, 3.8) is 0 Å². The van der Waals surface area contributed by atoms with Crippen LogP contribution < -0.4 is 5.32 Å². The first-order chi connectivity index (χ1) is 23.1. The summed E-state index contributed by atoms with van der Waals surface area (Å²) < 4.78 is 18.4. The highest BCUT2D eigenvalue weighted by Gasteiger charge is 2.77. The molecule has 3 amide bonds. The molecular formula is C36H50BrN3O8. The largest absolute Gasteiger partial charge is 0.455 e. The van der Waals surface area contributed by atoms with Gasteiger partial charge in [-0.1, -0.05) is 78.7 Å². The van der Waals surface area contributed by atoms with Gasteiger partial charge in [0.2, 0.25) is 17.7 Å². The fourth-order valence-electron chi connectivity index (χ4n) is 7.52. The van der Waals surface area contributed by atoms with Crippen LogP contribution in [0.15, 0.2) is 55.6 Å². The number of benzene rings is 1. The van der Waals surface area contributed by atoms with Crippen LogP contribution >= 0.6 is 15.9 Å². The monoisotopic (exact) mass is 731 g/mol. The second-order valence-electron chi connectivity index (χ2n) is 12.8. The van der Waals surface area contributed by atoms with Gasteiger partial charge in [0.1, 0.15) is 17.7 Å². The maximum absolute atomic E-state index is 14.5. The van der Waals surface area contributed by atoms with Gasteiger partial charge < -0.3 is 34.4 Å². The van der Waals surface area contributed by atoms with E-state index in [0.29, 0.717) is 37.9 Å². The molecule has 0 aliphatic carbocycles. The summed E-state index contributed by atoms with van der Waals surface area (Å²) in [5, 5.41) is 13.4. The van der Waals surface area contributed by atoms with Gasteiger partial charge in [0.05, 0.1) is 43.2 Å². The second-order valence-corrected chi connectivity index (χ2v) is 14.0. The second kappa shape index (κ2) is 17.0. The molecule has 3 fully saturated rings. The van der Waals surface area contributed by atoms with Crippen molar-refractivity contribution in [1.29, 1.82) is 0 Å². The Morgan fingerprint density at radius 1 is 1.23 bits per heavy atom. The number of halogens is 1. The molecule has 11 nitrogen and oxygen atoms in total. The van der Waals surface area contributed by atoms with Gasteiger partial charge in [-0.25, -0.2) is 0 Å². The van der Waals surface area contributed by atoms with Crippen LogP contribution in [-0.4, -0.2) is 107 Å². The van der Waals surface area contributed by atoms with Gasteiger partial charge in [-0.2, -0.15) is 0 Å². The number of alkyl halides is 1. The summed E-state index contributed by atoms with van der Waals surface area (Å²) in [6.07, 6.45) is 4.68. The number of hydrogen-bond donors (Lipinski definition) is 2. The van der Waals surface area contributed by atoms with Crippen LogP contribution in [0.5, 0.6) is 0 Å². The van der Waals surface area contributed by atoms with Crippen molar-refractivity contribution in [1.82, 2.24) is 15.1 Å². The Hall–Kier alpha value is -3.06. The normalized spacial score (nSPS) is 27.6. The SMILES string of the molecule is C=CCCC(=O)N[C@@H](COC)[C@@H](OC(=O)[C@H]1[C@@H]2O[C@@]3(CC2Br)[C@@H]1C(=O)N([C@@H](CC)CO)[C@@H]3C(=O)N(CC=C)CCCC)c1ccccc1. The molecule has 0 saturated carbocycles. The summed E-state index contributed by atoms with van der Waals surface area (Å²) in [5.74, 6) is -3.66. The fourth-order valence-corrected chi connectivity index (χ4v) is 8.46. The molecule has 48 heavy (non-hydrogen) atoms. The number of fused-ring (bicyclic) bond motifs is 1. The number of rotatable bonds is 19. The van der Waals surface area contributed by atoms with Crippen LogP contribution in [0, 0.1) is 11.8 Å².